The Morgan fingerprint density at radius 3 is 2.59 bits per heavy atom. The Balaban J connectivity index is 1.18. The third-order valence-corrected chi connectivity index (χ3v) is 11.1. The standard InChI is InChI=1S/C29H35BrClN7O5S/c1-29(40)26-24(43-29)23(38-15-21(33-35-38)37-10-9-20(31)34-37)25(41-2)28(42-26)44-19-11-18(30)12-32-22(19)27(39)36(13-16-5-3-6-16)14-17-7-4-8-17/h9-12,15-17,23-26,28,40H,3-8,13-14H2,1-2H3/t23?,24-,25?,26?,28-,29?/m1/s1. The van der Waals surface area contributed by atoms with Gasteiger partial charge >= 0.3 is 0 Å². The average molecular weight is 709 g/mol. The fourth-order valence-electron chi connectivity index (χ4n) is 6.41. The van der Waals surface area contributed by atoms with Crippen molar-refractivity contribution in [2.75, 3.05) is 20.2 Å². The number of aliphatic hydroxyl groups is 1. The maximum Gasteiger partial charge on any atom is 0.273 e. The minimum absolute atomic E-state index is 0.0595. The second-order valence-electron chi connectivity index (χ2n) is 12.3. The number of nitrogens with zero attached hydrogens (tertiary/aromatic N) is 7. The predicted molar refractivity (Wildman–Crippen MR) is 165 cm³/mol. The summed E-state index contributed by atoms with van der Waals surface area (Å²) in [7, 11) is 1.60. The number of carbonyl (C=O) groups excluding carboxylic acids is 1. The number of carbonyl (C=O) groups is 1. The molecule has 2 saturated heterocycles. The number of fused-ring (bicyclic) bond motifs is 1. The van der Waals surface area contributed by atoms with Gasteiger partial charge in [0.15, 0.2) is 16.8 Å². The molecule has 1 amide bonds. The van der Waals surface area contributed by atoms with E-state index in [4.69, 9.17) is 25.8 Å². The second-order valence-corrected chi connectivity index (χ2v) is 14.8. The van der Waals surface area contributed by atoms with Gasteiger partial charge in [0.25, 0.3) is 5.91 Å². The fourth-order valence-corrected chi connectivity index (χ4v) is 8.31. The Kier molecular flexibility index (Phi) is 8.53. The molecule has 0 spiro atoms. The number of thioether (sulfide) groups is 1. The molecule has 3 aromatic heterocycles. The largest absolute Gasteiger partial charge is 0.375 e. The normalized spacial score (nSPS) is 30.2. The Labute approximate surface area is 272 Å². The summed E-state index contributed by atoms with van der Waals surface area (Å²) in [5.41, 5.74) is -0.244. The SMILES string of the molecule is COC1C(n2cc(-n3ccc(Cl)n3)nn2)[C@H]2OC(C)(O)C2O[C@@H]1Sc1cc(Br)cnc1C(=O)N(CC1CCC1)CC1CCC1. The van der Waals surface area contributed by atoms with E-state index in [-0.39, 0.29) is 5.91 Å². The molecule has 3 aromatic rings. The van der Waals surface area contributed by atoms with E-state index < -0.39 is 35.6 Å². The van der Waals surface area contributed by atoms with Crippen molar-refractivity contribution in [2.24, 2.45) is 11.8 Å². The lowest BCUT2D eigenvalue weighted by Crippen LogP contribution is -2.72. The Bertz CT molecular complexity index is 1500. The molecule has 4 fully saturated rings. The van der Waals surface area contributed by atoms with Gasteiger partial charge in [-0.1, -0.05) is 41.4 Å². The van der Waals surface area contributed by atoms with Gasteiger partial charge in [0.2, 0.25) is 0 Å². The first-order valence-corrected chi connectivity index (χ1v) is 17.1. The van der Waals surface area contributed by atoms with E-state index in [0.29, 0.717) is 33.4 Å². The lowest BCUT2D eigenvalue weighted by atomic mass is 9.82. The molecule has 2 aliphatic carbocycles. The van der Waals surface area contributed by atoms with Crippen molar-refractivity contribution in [3.63, 3.8) is 0 Å². The smallest absolute Gasteiger partial charge is 0.273 e. The number of hydrogen-bond acceptors (Lipinski definition) is 10. The van der Waals surface area contributed by atoms with Crippen molar-refractivity contribution in [1.82, 2.24) is 34.7 Å². The van der Waals surface area contributed by atoms with Crippen LogP contribution in [0.15, 0.2) is 40.1 Å². The number of aromatic nitrogens is 6. The number of ether oxygens (including phenoxy) is 3. The molecule has 0 radical (unpaired) electrons. The van der Waals surface area contributed by atoms with Gasteiger partial charge in [0, 0.05) is 42.0 Å². The number of rotatable bonds is 10. The zero-order valence-corrected chi connectivity index (χ0v) is 27.6. The van der Waals surface area contributed by atoms with Crippen LogP contribution in [0.5, 0.6) is 0 Å². The summed E-state index contributed by atoms with van der Waals surface area (Å²) in [6.07, 6.45) is 10.4. The third kappa shape index (κ3) is 5.82. The first-order valence-electron chi connectivity index (χ1n) is 15.0. The van der Waals surface area contributed by atoms with Crippen LogP contribution in [0.1, 0.15) is 62.0 Å². The van der Waals surface area contributed by atoms with Gasteiger partial charge in [0.1, 0.15) is 35.5 Å². The molecule has 5 heterocycles. The average Bonchev–Trinajstić information content (AvgIpc) is 3.60. The van der Waals surface area contributed by atoms with E-state index in [9.17, 15) is 9.90 Å². The maximum absolute atomic E-state index is 14.1. The van der Waals surface area contributed by atoms with Crippen molar-refractivity contribution in [2.45, 2.75) is 85.9 Å². The molecule has 2 saturated carbocycles. The van der Waals surface area contributed by atoms with Gasteiger partial charge in [-0.3, -0.25) is 4.79 Å². The van der Waals surface area contributed by atoms with E-state index in [2.05, 4.69) is 36.3 Å². The molecule has 12 nitrogen and oxygen atoms in total. The lowest BCUT2D eigenvalue weighted by molar-refractivity contribution is -0.417. The van der Waals surface area contributed by atoms with Crippen LogP contribution >= 0.6 is 39.3 Å². The molecule has 7 rings (SSSR count). The van der Waals surface area contributed by atoms with Gasteiger partial charge in [-0.15, -0.1) is 5.10 Å². The van der Waals surface area contributed by atoms with E-state index in [1.165, 1.54) is 55.0 Å². The molecule has 2 aliphatic heterocycles. The topological polar surface area (TPSA) is 130 Å². The zero-order valence-electron chi connectivity index (χ0n) is 24.5. The van der Waals surface area contributed by atoms with Crippen molar-refractivity contribution >= 4 is 45.2 Å². The molecule has 236 valence electrons. The number of halogens is 2. The highest BCUT2D eigenvalue weighted by Crippen LogP contribution is 2.50. The van der Waals surface area contributed by atoms with Gasteiger partial charge in [-0.05, 0) is 72.5 Å². The molecule has 6 atom stereocenters. The molecule has 4 aliphatic rings. The molecule has 4 unspecified atom stereocenters. The molecule has 0 bridgehead atoms. The van der Waals surface area contributed by atoms with E-state index in [1.54, 1.807) is 43.4 Å². The van der Waals surface area contributed by atoms with Crippen LogP contribution in [-0.4, -0.2) is 95.4 Å². The van der Waals surface area contributed by atoms with Gasteiger partial charge in [0.05, 0.1) is 6.20 Å². The summed E-state index contributed by atoms with van der Waals surface area (Å²) < 4.78 is 22.3. The first-order chi connectivity index (χ1) is 21.2. The number of methoxy groups -OCH3 is 1. The zero-order chi connectivity index (χ0) is 30.6. The highest BCUT2D eigenvalue weighted by atomic mass is 79.9. The van der Waals surface area contributed by atoms with Gasteiger partial charge in [-0.2, -0.15) is 5.10 Å². The Morgan fingerprint density at radius 1 is 1.27 bits per heavy atom. The van der Waals surface area contributed by atoms with Crippen molar-refractivity contribution in [1.29, 1.82) is 0 Å². The Morgan fingerprint density at radius 2 is 2.00 bits per heavy atom. The summed E-state index contributed by atoms with van der Waals surface area (Å²) in [5, 5.41) is 24.1. The highest BCUT2D eigenvalue weighted by Gasteiger charge is 2.63. The monoisotopic (exact) mass is 707 g/mol. The lowest BCUT2D eigenvalue weighted by Gasteiger charge is -2.57. The summed E-state index contributed by atoms with van der Waals surface area (Å²) in [6.45, 7) is 3.10. The minimum atomic E-state index is -1.50. The summed E-state index contributed by atoms with van der Waals surface area (Å²) >= 11 is 10.9. The van der Waals surface area contributed by atoms with Crippen molar-refractivity contribution in [3.8, 4) is 5.82 Å². The number of pyridine rings is 1. The van der Waals surface area contributed by atoms with Gasteiger partial charge < -0.3 is 24.2 Å². The fraction of sp³-hybridized carbons (Fsp3) is 0.621. The minimum Gasteiger partial charge on any atom is -0.375 e. The highest BCUT2D eigenvalue weighted by molar-refractivity contribution is 9.10. The van der Waals surface area contributed by atoms with E-state index >= 15 is 0 Å². The molecule has 44 heavy (non-hydrogen) atoms. The molecule has 0 aromatic carbocycles. The van der Waals surface area contributed by atoms with Crippen LogP contribution in [0.25, 0.3) is 5.82 Å². The summed E-state index contributed by atoms with van der Waals surface area (Å²) in [5.74, 6) is 0.00142. The van der Waals surface area contributed by atoms with Crippen LogP contribution in [-0.2, 0) is 14.2 Å². The summed E-state index contributed by atoms with van der Waals surface area (Å²) in [4.78, 5) is 21.5. The third-order valence-electron chi connectivity index (χ3n) is 9.25. The van der Waals surface area contributed by atoms with E-state index in [1.807, 2.05) is 11.0 Å². The van der Waals surface area contributed by atoms with Crippen LogP contribution in [0.3, 0.4) is 0 Å². The van der Waals surface area contributed by atoms with Crippen LogP contribution in [0, 0.1) is 11.8 Å². The second kappa shape index (κ2) is 12.3. The maximum atomic E-state index is 14.1. The Hall–Kier alpha value is -2.07. The van der Waals surface area contributed by atoms with Crippen molar-refractivity contribution in [3.05, 3.63) is 46.0 Å². The molecular weight excluding hydrogens is 674 g/mol. The summed E-state index contributed by atoms with van der Waals surface area (Å²) in [6, 6.07) is 3.06. The quantitative estimate of drug-likeness (QED) is 0.322. The van der Waals surface area contributed by atoms with Crippen LogP contribution in [0.2, 0.25) is 5.15 Å². The van der Waals surface area contributed by atoms with Crippen LogP contribution in [0.4, 0.5) is 0 Å². The van der Waals surface area contributed by atoms with Crippen molar-refractivity contribution < 1.29 is 24.1 Å². The predicted octanol–water partition coefficient (Wildman–Crippen LogP) is 4.50. The van der Waals surface area contributed by atoms with Crippen LogP contribution < -0.4 is 0 Å². The number of amides is 1. The molecular formula is C29H35BrClN7O5S. The molecule has 1 N–H and O–H groups in total. The molecule has 15 heteroatoms. The number of hydrogen-bond donors (Lipinski definition) is 1. The van der Waals surface area contributed by atoms with Gasteiger partial charge in [-0.25, -0.2) is 14.3 Å². The van der Waals surface area contributed by atoms with E-state index in [0.717, 1.165) is 17.6 Å². The first kappa shape index (κ1) is 30.6.